The Hall–Kier alpha value is -2.91. The van der Waals surface area contributed by atoms with E-state index >= 15 is 0 Å². The molecule has 1 fully saturated rings. The Morgan fingerprint density at radius 1 is 1.14 bits per heavy atom. The third kappa shape index (κ3) is 4.43. The number of ether oxygens (including phenoxy) is 1. The van der Waals surface area contributed by atoms with Gasteiger partial charge in [-0.15, -0.1) is 5.10 Å². The van der Waals surface area contributed by atoms with Crippen LogP contribution in [-0.2, 0) is 43.1 Å². The van der Waals surface area contributed by atoms with E-state index in [-0.39, 0.29) is 24.2 Å². The quantitative estimate of drug-likeness (QED) is 0.511. The molecule has 186 valence electrons. The van der Waals surface area contributed by atoms with Gasteiger partial charge in [-0.25, -0.2) is 13.1 Å². The van der Waals surface area contributed by atoms with Crippen molar-refractivity contribution in [2.24, 2.45) is 13.0 Å². The molecule has 5 rings (SSSR count). The highest BCUT2D eigenvalue weighted by Gasteiger charge is 2.43. The Labute approximate surface area is 206 Å². The van der Waals surface area contributed by atoms with Gasteiger partial charge in [0.2, 0.25) is 0 Å². The largest absolute Gasteiger partial charge is 0.487 e. The summed E-state index contributed by atoms with van der Waals surface area (Å²) in [5, 5.41) is 18.0. The zero-order valence-corrected chi connectivity index (χ0v) is 21.3. The summed E-state index contributed by atoms with van der Waals surface area (Å²) in [5.41, 5.74) is 5.10. The van der Waals surface area contributed by atoms with E-state index in [9.17, 15) is 13.5 Å². The molecule has 3 aromatic rings. The van der Waals surface area contributed by atoms with E-state index in [1.807, 2.05) is 19.1 Å². The fraction of sp³-hybridized carbons (Fsp3) is 0.462. The van der Waals surface area contributed by atoms with Gasteiger partial charge in [-0.05, 0) is 80.3 Å². The topological polar surface area (TPSA) is 97.5 Å². The van der Waals surface area contributed by atoms with E-state index < -0.39 is 10.0 Å². The fourth-order valence-electron chi connectivity index (χ4n) is 5.01. The molecule has 0 radical (unpaired) electrons. The van der Waals surface area contributed by atoms with Crippen LogP contribution in [0.4, 0.5) is 5.69 Å². The van der Waals surface area contributed by atoms with Crippen LogP contribution in [0.2, 0.25) is 0 Å². The number of benzene rings is 2. The first kappa shape index (κ1) is 23.8. The summed E-state index contributed by atoms with van der Waals surface area (Å²) in [7, 11) is -2.04. The van der Waals surface area contributed by atoms with Crippen LogP contribution < -0.4 is 9.04 Å². The van der Waals surface area contributed by atoms with Crippen LogP contribution in [0.3, 0.4) is 0 Å². The van der Waals surface area contributed by atoms with E-state index in [0.717, 1.165) is 54.7 Å². The lowest BCUT2D eigenvalue weighted by atomic mass is 9.93. The molecule has 2 heterocycles. The van der Waals surface area contributed by atoms with Crippen molar-refractivity contribution in [3.63, 3.8) is 0 Å². The van der Waals surface area contributed by atoms with Gasteiger partial charge < -0.3 is 9.84 Å². The molecular formula is C26H32N4O4S. The summed E-state index contributed by atoms with van der Waals surface area (Å²) in [4.78, 5) is 0.172. The van der Waals surface area contributed by atoms with Gasteiger partial charge in [0.25, 0.3) is 10.0 Å². The van der Waals surface area contributed by atoms with Gasteiger partial charge in [-0.1, -0.05) is 24.3 Å². The molecule has 1 aromatic heterocycles. The molecule has 2 aromatic carbocycles. The molecule has 1 saturated carbocycles. The predicted octanol–water partition coefficient (Wildman–Crippen LogP) is 3.68. The number of rotatable bonds is 8. The van der Waals surface area contributed by atoms with Crippen LogP contribution in [0.5, 0.6) is 5.75 Å². The van der Waals surface area contributed by atoms with Crippen molar-refractivity contribution in [1.82, 2.24) is 15.0 Å². The highest BCUT2D eigenvalue weighted by atomic mass is 32.2. The van der Waals surface area contributed by atoms with Gasteiger partial charge in [0.15, 0.2) is 0 Å². The third-order valence-corrected chi connectivity index (χ3v) is 9.06. The predicted molar refractivity (Wildman–Crippen MR) is 133 cm³/mol. The number of nitrogens with zero attached hydrogens (tertiary/aromatic N) is 4. The standard InChI is InChI=1S/C26H32N4O4S/c1-4-18-5-10-24-20(13-18)8-11-23(19-6-7-19)30(24)35(32,33)22-9-12-26(21(14-22)15-31)34-16-25-17(2)27-28-29(25)3/h5,9-10,12-14,19,23,31H,4,6-8,11,15-16H2,1-3H3. The molecule has 2 aliphatic rings. The first-order valence-electron chi connectivity index (χ1n) is 12.2. The average molecular weight is 497 g/mol. The van der Waals surface area contributed by atoms with E-state index in [0.29, 0.717) is 17.2 Å². The molecule has 0 saturated heterocycles. The summed E-state index contributed by atoms with van der Waals surface area (Å²) in [6.45, 7) is 3.85. The van der Waals surface area contributed by atoms with Gasteiger partial charge in [-0.3, -0.25) is 4.31 Å². The second-order valence-corrected chi connectivity index (χ2v) is 11.3. The van der Waals surface area contributed by atoms with Crippen LogP contribution in [0.15, 0.2) is 41.3 Å². The number of aliphatic hydroxyl groups is 1. The Morgan fingerprint density at radius 2 is 1.94 bits per heavy atom. The maximum Gasteiger partial charge on any atom is 0.264 e. The summed E-state index contributed by atoms with van der Waals surface area (Å²) in [6, 6.07) is 10.9. The first-order chi connectivity index (χ1) is 16.8. The molecule has 1 aliphatic heterocycles. The van der Waals surface area contributed by atoms with Crippen molar-refractivity contribution >= 4 is 15.7 Å². The molecule has 1 N–H and O–H groups in total. The number of anilines is 1. The zero-order chi connectivity index (χ0) is 24.7. The molecule has 1 atom stereocenters. The highest BCUT2D eigenvalue weighted by molar-refractivity contribution is 7.92. The normalized spacial score (nSPS) is 17.9. The highest BCUT2D eigenvalue weighted by Crippen LogP contribution is 2.45. The minimum atomic E-state index is -3.83. The summed E-state index contributed by atoms with van der Waals surface area (Å²) < 4.78 is 37.3. The number of sulfonamides is 1. The SMILES string of the molecule is CCc1ccc2c(c1)CCC(C1CC1)N2S(=O)(=O)c1ccc(OCc2c(C)nnn2C)c(CO)c1. The van der Waals surface area contributed by atoms with Crippen molar-refractivity contribution in [2.75, 3.05) is 4.31 Å². The Bertz CT molecular complexity index is 1330. The molecule has 0 amide bonds. The monoisotopic (exact) mass is 496 g/mol. The molecule has 0 spiro atoms. The number of hydrogen-bond donors (Lipinski definition) is 1. The van der Waals surface area contributed by atoms with Gasteiger partial charge in [0.1, 0.15) is 12.4 Å². The maximum absolute atomic E-state index is 14.0. The molecular weight excluding hydrogens is 464 g/mol. The van der Waals surface area contributed by atoms with E-state index in [1.54, 1.807) is 28.2 Å². The molecule has 0 bridgehead atoms. The van der Waals surface area contributed by atoms with Crippen LogP contribution in [0.25, 0.3) is 0 Å². The number of fused-ring (bicyclic) bond motifs is 1. The van der Waals surface area contributed by atoms with E-state index in [4.69, 9.17) is 4.74 Å². The molecule has 35 heavy (non-hydrogen) atoms. The Kier molecular flexibility index (Phi) is 6.31. The Balaban J connectivity index is 1.48. The lowest BCUT2D eigenvalue weighted by Crippen LogP contribution is -2.45. The summed E-state index contributed by atoms with van der Waals surface area (Å²) in [5.74, 6) is 0.844. The summed E-state index contributed by atoms with van der Waals surface area (Å²) in [6.07, 6.45) is 4.78. The fourth-order valence-corrected chi connectivity index (χ4v) is 6.84. The van der Waals surface area contributed by atoms with Crippen molar-refractivity contribution in [1.29, 1.82) is 0 Å². The number of aromatic nitrogens is 3. The molecule has 8 nitrogen and oxygen atoms in total. The summed E-state index contributed by atoms with van der Waals surface area (Å²) >= 11 is 0. The molecule has 9 heteroatoms. The average Bonchev–Trinajstić information content (AvgIpc) is 3.66. The van der Waals surface area contributed by atoms with Crippen molar-refractivity contribution < 1.29 is 18.3 Å². The van der Waals surface area contributed by atoms with Gasteiger partial charge in [-0.2, -0.15) is 0 Å². The zero-order valence-electron chi connectivity index (χ0n) is 20.4. The second-order valence-electron chi connectivity index (χ2n) is 9.52. The second kappa shape index (κ2) is 9.28. The van der Waals surface area contributed by atoms with Crippen molar-refractivity contribution in [2.45, 2.75) is 70.1 Å². The van der Waals surface area contributed by atoms with Crippen LogP contribution in [-0.4, -0.2) is 34.6 Å². The molecule has 1 unspecified atom stereocenters. The minimum absolute atomic E-state index is 0.0335. The van der Waals surface area contributed by atoms with E-state index in [2.05, 4.69) is 23.3 Å². The Morgan fingerprint density at radius 3 is 2.60 bits per heavy atom. The number of hydrogen-bond acceptors (Lipinski definition) is 6. The van der Waals surface area contributed by atoms with E-state index in [1.165, 1.54) is 11.6 Å². The lowest BCUT2D eigenvalue weighted by Gasteiger charge is -2.38. The third-order valence-electron chi connectivity index (χ3n) is 7.23. The number of aryl methyl sites for hydroxylation is 4. The van der Waals surface area contributed by atoms with Crippen molar-refractivity contribution in [3.05, 3.63) is 64.5 Å². The van der Waals surface area contributed by atoms with Crippen LogP contribution in [0, 0.1) is 12.8 Å². The van der Waals surface area contributed by atoms with Gasteiger partial charge >= 0.3 is 0 Å². The lowest BCUT2D eigenvalue weighted by molar-refractivity contribution is 0.255. The van der Waals surface area contributed by atoms with Crippen molar-refractivity contribution in [3.8, 4) is 5.75 Å². The van der Waals surface area contributed by atoms with Gasteiger partial charge in [0, 0.05) is 18.7 Å². The minimum Gasteiger partial charge on any atom is -0.487 e. The van der Waals surface area contributed by atoms with Crippen LogP contribution >= 0.6 is 0 Å². The number of aliphatic hydroxyl groups excluding tert-OH is 1. The smallest absolute Gasteiger partial charge is 0.264 e. The molecule has 1 aliphatic carbocycles. The maximum atomic E-state index is 14.0. The van der Waals surface area contributed by atoms with Crippen LogP contribution in [0.1, 0.15) is 54.3 Å². The first-order valence-corrected chi connectivity index (χ1v) is 13.7. The van der Waals surface area contributed by atoms with Gasteiger partial charge in [0.05, 0.1) is 28.6 Å².